The summed E-state index contributed by atoms with van der Waals surface area (Å²) in [6.45, 7) is 8.44. The van der Waals surface area contributed by atoms with Crippen molar-refractivity contribution in [3.05, 3.63) is 28.2 Å². The molecule has 1 aliphatic heterocycles. The molecule has 4 heteroatoms. The minimum Gasteiger partial charge on any atom is -0.377 e. The summed E-state index contributed by atoms with van der Waals surface area (Å²) in [6, 6.07) is 6.55. The second kappa shape index (κ2) is 7.30. The molecule has 0 aliphatic carbocycles. The number of thioether (sulfide) groups is 1. The molecular weight excluding hydrogens is 334 g/mol. The Morgan fingerprint density at radius 1 is 1.40 bits per heavy atom. The predicted octanol–water partition coefficient (Wildman–Crippen LogP) is 4.61. The average molecular weight is 358 g/mol. The van der Waals surface area contributed by atoms with E-state index >= 15 is 0 Å². The van der Waals surface area contributed by atoms with Gasteiger partial charge in [-0.3, -0.25) is 0 Å². The molecule has 0 aromatic heterocycles. The van der Waals surface area contributed by atoms with E-state index in [4.69, 9.17) is 4.74 Å². The molecule has 2 nitrogen and oxygen atoms in total. The standard InChI is InChI=1S/C16H24BrNOS/c1-16(2,3)18-10-12-6-7-13(17)9-15(12)20-11-14-5-4-8-19-14/h6-7,9,14,18H,4-5,8,10-11H2,1-3H3. The molecule has 0 radical (unpaired) electrons. The maximum atomic E-state index is 5.71. The van der Waals surface area contributed by atoms with Gasteiger partial charge in [-0.15, -0.1) is 11.8 Å². The quantitative estimate of drug-likeness (QED) is 0.777. The molecule has 1 saturated heterocycles. The van der Waals surface area contributed by atoms with Crippen LogP contribution >= 0.6 is 27.7 Å². The fraction of sp³-hybridized carbons (Fsp3) is 0.625. The summed E-state index contributed by atoms with van der Waals surface area (Å²) in [5.74, 6) is 1.05. The first-order valence-electron chi connectivity index (χ1n) is 7.22. The fourth-order valence-electron chi connectivity index (χ4n) is 2.13. The van der Waals surface area contributed by atoms with Crippen LogP contribution in [0.25, 0.3) is 0 Å². The van der Waals surface area contributed by atoms with E-state index in [1.807, 2.05) is 11.8 Å². The Morgan fingerprint density at radius 3 is 2.85 bits per heavy atom. The lowest BCUT2D eigenvalue weighted by Crippen LogP contribution is -2.35. The van der Waals surface area contributed by atoms with Gasteiger partial charge < -0.3 is 10.1 Å². The highest BCUT2D eigenvalue weighted by Gasteiger charge is 2.17. The normalized spacial score (nSPS) is 19.5. The zero-order valence-corrected chi connectivity index (χ0v) is 14.9. The summed E-state index contributed by atoms with van der Waals surface area (Å²) < 4.78 is 6.86. The number of benzene rings is 1. The topological polar surface area (TPSA) is 21.3 Å². The molecule has 112 valence electrons. The van der Waals surface area contributed by atoms with Crippen molar-refractivity contribution in [2.75, 3.05) is 12.4 Å². The van der Waals surface area contributed by atoms with Gasteiger partial charge in [0, 0.05) is 33.8 Å². The summed E-state index contributed by atoms with van der Waals surface area (Å²) >= 11 is 5.49. The van der Waals surface area contributed by atoms with E-state index in [2.05, 4.69) is 60.2 Å². The molecule has 1 unspecified atom stereocenters. The molecule has 1 N–H and O–H groups in total. The van der Waals surface area contributed by atoms with Gasteiger partial charge in [-0.25, -0.2) is 0 Å². The van der Waals surface area contributed by atoms with Gasteiger partial charge in [-0.05, 0) is 51.3 Å². The molecular formula is C16H24BrNOS. The molecule has 1 aromatic rings. The molecule has 1 fully saturated rings. The molecule has 1 heterocycles. The Kier molecular flexibility index (Phi) is 5.96. The Balaban J connectivity index is 1.99. The molecule has 1 aliphatic rings. The Bertz CT molecular complexity index is 439. The second-order valence-corrected chi connectivity index (χ2v) is 8.28. The van der Waals surface area contributed by atoms with E-state index in [1.54, 1.807) is 0 Å². The number of rotatable bonds is 5. The van der Waals surface area contributed by atoms with Gasteiger partial charge in [0.05, 0.1) is 6.10 Å². The highest BCUT2D eigenvalue weighted by molar-refractivity contribution is 9.10. The van der Waals surface area contributed by atoms with Crippen molar-refractivity contribution in [2.24, 2.45) is 0 Å². The smallest absolute Gasteiger partial charge is 0.0669 e. The van der Waals surface area contributed by atoms with E-state index in [1.165, 1.54) is 23.3 Å². The number of hydrogen-bond acceptors (Lipinski definition) is 3. The number of hydrogen-bond donors (Lipinski definition) is 1. The van der Waals surface area contributed by atoms with Crippen LogP contribution in [0.15, 0.2) is 27.6 Å². The Labute approximate surface area is 135 Å². The van der Waals surface area contributed by atoms with Crippen molar-refractivity contribution in [1.82, 2.24) is 5.32 Å². The van der Waals surface area contributed by atoms with Crippen molar-refractivity contribution in [1.29, 1.82) is 0 Å². The molecule has 0 spiro atoms. The van der Waals surface area contributed by atoms with Crippen LogP contribution in [0.1, 0.15) is 39.2 Å². The molecule has 1 aromatic carbocycles. The lowest BCUT2D eigenvalue weighted by Gasteiger charge is -2.22. The molecule has 0 bridgehead atoms. The van der Waals surface area contributed by atoms with Crippen molar-refractivity contribution in [3.8, 4) is 0 Å². The minimum absolute atomic E-state index is 0.142. The first-order chi connectivity index (χ1) is 9.44. The van der Waals surface area contributed by atoms with E-state index in [0.717, 1.165) is 23.4 Å². The van der Waals surface area contributed by atoms with Gasteiger partial charge in [0.2, 0.25) is 0 Å². The SMILES string of the molecule is CC(C)(C)NCc1ccc(Br)cc1SCC1CCCO1. The van der Waals surface area contributed by atoms with Crippen LogP contribution in [0.4, 0.5) is 0 Å². The summed E-state index contributed by atoms with van der Waals surface area (Å²) in [5.41, 5.74) is 1.51. The van der Waals surface area contributed by atoms with E-state index in [9.17, 15) is 0 Å². The van der Waals surface area contributed by atoms with Crippen LogP contribution in [0.5, 0.6) is 0 Å². The van der Waals surface area contributed by atoms with Crippen LogP contribution in [-0.4, -0.2) is 24.0 Å². The third kappa shape index (κ3) is 5.40. The Morgan fingerprint density at radius 2 is 2.20 bits per heavy atom. The van der Waals surface area contributed by atoms with Crippen molar-refractivity contribution < 1.29 is 4.74 Å². The van der Waals surface area contributed by atoms with Crippen molar-refractivity contribution >= 4 is 27.7 Å². The lowest BCUT2D eigenvalue weighted by atomic mass is 10.1. The third-order valence-corrected chi connectivity index (χ3v) is 5.01. The van der Waals surface area contributed by atoms with Gasteiger partial charge in [0.25, 0.3) is 0 Å². The third-order valence-electron chi connectivity index (χ3n) is 3.29. The lowest BCUT2D eigenvalue weighted by molar-refractivity contribution is 0.129. The summed E-state index contributed by atoms with van der Waals surface area (Å²) in [6.07, 6.45) is 2.85. The van der Waals surface area contributed by atoms with Crippen molar-refractivity contribution in [3.63, 3.8) is 0 Å². The largest absolute Gasteiger partial charge is 0.377 e. The molecule has 0 saturated carbocycles. The van der Waals surface area contributed by atoms with Crippen LogP contribution in [-0.2, 0) is 11.3 Å². The van der Waals surface area contributed by atoms with Crippen molar-refractivity contribution in [2.45, 2.75) is 56.7 Å². The summed E-state index contributed by atoms with van der Waals surface area (Å²) in [5, 5.41) is 3.57. The maximum Gasteiger partial charge on any atom is 0.0669 e. The number of halogens is 1. The number of ether oxygens (including phenoxy) is 1. The minimum atomic E-state index is 0.142. The van der Waals surface area contributed by atoms with E-state index in [0.29, 0.717) is 6.10 Å². The highest BCUT2D eigenvalue weighted by Crippen LogP contribution is 2.29. The first kappa shape index (κ1) is 16.3. The second-order valence-electron chi connectivity index (χ2n) is 6.30. The summed E-state index contributed by atoms with van der Waals surface area (Å²) in [7, 11) is 0. The molecule has 20 heavy (non-hydrogen) atoms. The first-order valence-corrected chi connectivity index (χ1v) is 9.00. The van der Waals surface area contributed by atoms with Crippen LogP contribution < -0.4 is 5.32 Å². The van der Waals surface area contributed by atoms with Crippen LogP contribution in [0.2, 0.25) is 0 Å². The fourth-order valence-corrected chi connectivity index (χ4v) is 3.80. The average Bonchev–Trinajstić information content (AvgIpc) is 2.87. The zero-order chi connectivity index (χ0) is 14.6. The van der Waals surface area contributed by atoms with Gasteiger partial charge in [-0.2, -0.15) is 0 Å². The highest BCUT2D eigenvalue weighted by atomic mass is 79.9. The van der Waals surface area contributed by atoms with E-state index in [-0.39, 0.29) is 5.54 Å². The number of nitrogens with one attached hydrogen (secondary N) is 1. The Hall–Kier alpha value is -0.0300. The van der Waals surface area contributed by atoms with Crippen LogP contribution in [0.3, 0.4) is 0 Å². The van der Waals surface area contributed by atoms with E-state index < -0.39 is 0 Å². The van der Waals surface area contributed by atoms with Gasteiger partial charge in [0.15, 0.2) is 0 Å². The maximum absolute atomic E-state index is 5.71. The summed E-state index contributed by atoms with van der Waals surface area (Å²) in [4.78, 5) is 1.35. The van der Waals surface area contributed by atoms with Gasteiger partial charge >= 0.3 is 0 Å². The molecule has 0 amide bonds. The monoisotopic (exact) mass is 357 g/mol. The predicted molar refractivity (Wildman–Crippen MR) is 90.4 cm³/mol. The molecule has 1 atom stereocenters. The van der Waals surface area contributed by atoms with Gasteiger partial charge in [0.1, 0.15) is 0 Å². The molecule has 2 rings (SSSR count). The van der Waals surface area contributed by atoms with Crippen LogP contribution in [0, 0.1) is 0 Å². The zero-order valence-electron chi connectivity index (χ0n) is 12.5. The van der Waals surface area contributed by atoms with Gasteiger partial charge in [-0.1, -0.05) is 22.0 Å².